The molecule has 0 bridgehead atoms. The lowest BCUT2D eigenvalue weighted by Gasteiger charge is -2.33. The van der Waals surface area contributed by atoms with Crippen molar-refractivity contribution in [2.24, 2.45) is 18.4 Å². The van der Waals surface area contributed by atoms with E-state index >= 15 is 0 Å². The molecule has 1 heterocycles. The van der Waals surface area contributed by atoms with Crippen molar-refractivity contribution >= 4 is 17.4 Å². The first-order chi connectivity index (χ1) is 8.80. The zero-order valence-corrected chi connectivity index (χ0v) is 13.0. The van der Waals surface area contributed by atoms with Crippen LogP contribution in [0.4, 0.5) is 0 Å². The minimum atomic E-state index is 0.208. The molecular formula is C15H23ClN2O. The summed E-state index contributed by atoms with van der Waals surface area (Å²) in [7, 11) is 1.85. The molecule has 0 amide bonds. The number of aromatic nitrogens is 2. The van der Waals surface area contributed by atoms with E-state index in [1.807, 2.05) is 14.0 Å². The van der Waals surface area contributed by atoms with Crippen LogP contribution in [0.25, 0.3) is 0 Å². The van der Waals surface area contributed by atoms with E-state index in [0.29, 0.717) is 22.6 Å². The fourth-order valence-corrected chi connectivity index (χ4v) is 3.13. The molecule has 1 saturated carbocycles. The van der Waals surface area contributed by atoms with Gasteiger partial charge in [-0.05, 0) is 38.0 Å². The first kappa shape index (κ1) is 14.6. The first-order valence-corrected chi connectivity index (χ1v) is 7.38. The summed E-state index contributed by atoms with van der Waals surface area (Å²) in [5.41, 5.74) is 2.06. The Kier molecular flexibility index (Phi) is 4.05. The SMILES string of the molecule is Cc1nn(C)c(CC(=O)C2CCC(C)(C)CC2)c1Cl. The van der Waals surface area contributed by atoms with E-state index in [-0.39, 0.29) is 5.92 Å². The number of carbonyl (C=O) groups is 1. The maximum absolute atomic E-state index is 12.4. The van der Waals surface area contributed by atoms with Gasteiger partial charge < -0.3 is 0 Å². The van der Waals surface area contributed by atoms with E-state index in [9.17, 15) is 4.79 Å². The molecule has 1 aliphatic carbocycles. The molecule has 3 nitrogen and oxygen atoms in total. The molecule has 1 aromatic rings. The number of hydrogen-bond acceptors (Lipinski definition) is 2. The maximum atomic E-state index is 12.4. The molecule has 0 aromatic carbocycles. The van der Waals surface area contributed by atoms with Gasteiger partial charge in [-0.2, -0.15) is 5.10 Å². The Morgan fingerprint density at radius 1 is 1.42 bits per heavy atom. The van der Waals surface area contributed by atoms with E-state index in [4.69, 9.17) is 11.6 Å². The maximum Gasteiger partial charge on any atom is 0.141 e. The van der Waals surface area contributed by atoms with Crippen LogP contribution in [0.15, 0.2) is 0 Å². The molecule has 0 spiro atoms. The molecular weight excluding hydrogens is 260 g/mol. The predicted molar refractivity (Wildman–Crippen MR) is 77.4 cm³/mol. The van der Waals surface area contributed by atoms with Crippen molar-refractivity contribution in [1.82, 2.24) is 9.78 Å². The van der Waals surface area contributed by atoms with Crippen LogP contribution in [0, 0.1) is 18.3 Å². The molecule has 0 radical (unpaired) electrons. The van der Waals surface area contributed by atoms with Gasteiger partial charge in [-0.25, -0.2) is 0 Å². The first-order valence-electron chi connectivity index (χ1n) is 7.01. The summed E-state index contributed by atoms with van der Waals surface area (Å²) in [5, 5.41) is 4.91. The number of nitrogens with zero attached hydrogens (tertiary/aromatic N) is 2. The third kappa shape index (κ3) is 3.19. The van der Waals surface area contributed by atoms with E-state index < -0.39 is 0 Å². The third-order valence-corrected chi connectivity index (χ3v) is 4.89. The van der Waals surface area contributed by atoms with Crippen molar-refractivity contribution in [2.45, 2.75) is 52.9 Å². The number of aryl methyl sites for hydroxylation is 2. The van der Waals surface area contributed by atoms with Crippen LogP contribution in [0.1, 0.15) is 50.9 Å². The average molecular weight is 283 g/mol. The molecule has 1 aromatic heterocycles. The van der Waals surface area contributed by atoms with Crippen molar-refractivity contribution in [1.29, 1.82) is 0 Å². The molecule has 0 saturated heterocycles. The van der Waals surface area contributed by atoms with E-state index in [1.54, 1.807) is 4.68 Å². The molecule has 1 fully saturated rings. The lowest BCUT2D eigenvalue weighted by Crippen LogP contribution is -2.27. The normalized spacial score (nSPS) is 19.6. The molecule has 0 atom stereocenters. The quantitative estimate of drug-likeness (QED) is 0.847. The minimum Gasteiger partial charge on any atom is -0.299 e. The van der Waals surface area contributed by atoms with Crippen LogP contribution in [-0.4, -0.2) is 15.6 Å². The van der Waals surface area contributed by atoms with Gasteiger partial charge in [0.1, 0.15) is 5.78 Å². The highest BCUT2D eigenvalue weighted by molar-refractivity contribution is 6.32. The van der Waals surface area contributed by atoms with Gasteiger partial charge in [0.25, 0.3) is 0 Å². The summed E-state index contributed by atoms with van der Waals surface area (Å²) in [6, 6.07) is 0. The van der Waals surface area contributed by atoms with E-state index in [2.05, 4.69) is 18.9 Å². The summed E-state index contributed by atoms with van der Waals surface area (Å²) in [6.45, 7) is 6.45. The van der Waals surface area contributed by atoms with Crippen molar-refractivity contribution in [3.63, 3.8) is 0 Å². The molecule has 1 aliphatic rings. The Morgan fingerprint density at radius 3 is 2.47 bits per heavy atom. The Morgan fingerprint density at radius 2 is 2.00 bits per heavy atom. The topological polar surface area (TPSA) is 34.9 Å². The number of rotatable bonds is 3. The average Bonchev–Trinajstić information content (AvgIpc) is 2.56. The summed E-state index contributed by atoms with van der Waals surface area (Å²) >= 11 is 6.21. The van der Waals surface area contributed by atoms with Crippen molar-refractivity contribution < 1.29 is 4.79 Å². The predicted octanol–water partition coefficient (Wildman–Crippen LogP) is 3.71. The zero-order valence-electron chi connectivity index (χ0n) is 12.3. The second kappa shape index (κ2) is 5.28. The minimum absolute atomic E-state index is 0.208. The van der Waals surface area contributed by atoms with Crippen LogP contribution >= 0.6 is 11.6 Å². The Labute approximate surface area is 120 Å². The van der Waals surface area contributed by atoms with Crippen LogP contribution in [-0.2, 0) is 18.3 Å². The summed E-state index contributed by atoms with van der Waals surface area (Å²) in [4.78, 5) is 12.4. The Bertz CT molecular complexity index is 481. The number of carbonyl (C=O) groups excluding carboxylic acids is 1. The Hall–Kier alpha value is -0.830. The lowest BCUT2D eigenvalue weighted by atomic mass is 9.71. The highest BCUT2D eigenvalue weighted by Gasteiger charge is 2.31. The highest BCUT2D eigenvalue weighted by atomic mass is 35.5. The molecule has 0 unspecified atom stereocenters. The fraction of sp³-hybridized carbons (Fsp3) is 0.733. The van der Waals surface area contributed by atoms with Gasteiger partial charge in [0.2, 0.25) is 0 Å². The molecule has 19 heavy (non-hydrogen) atoms. The number of Topliss-reactive ketones (excluding diaryl/α,β-unsaturated/α-hetero) is 1. The molecule has 106 valence electrons. The lowest BCUT2D eigenvalue weighted by molar-refractivity contribution is -0.123. The summed E-state index contributed by atoms with van der Waals surface area (Å²) in [6.07, 6.45) is 4.73. The van der Waals surface area contributed by atoms with E-state index in [1.165, 1.54) is 0 Å². The van der Waals surface area contributed by atoms with Crippen LogP contribution in [0.5, 0.6) is 0 Å². The van der Waals surface area contributed by atoms with Gasteiger partial charge in [0, 0.05) is 13.0 Å². The number of hydrogen-bond donors (Lipinski definition) is 0. The third-order valence-electron chi connectivity index (χ3n) is 4.40. The molecule has 0 aliphatic heterocycles. The summed E-state index contributed by atoms with van der Waals surface area (Å²) < 4.78 is 1.74. The van der Waals surface area contributed by atoms with Crippen molar-refractivity contribution in [3.8, 4) is 0 Å². The van der Waals surface area contributed by atoms with Crippen LogP contribution in [0.2, 0.25) is 5.02 Å². The van der Waals surface area contributed by atoms with Crippen molar-refractivity contribution in [3.05, 3.63) is 16.4 Å². The zero-order chi connectivity index (χ0) is 14.2. The van der Waals surface area contributed by atoms with Gasteiger partial charge in [-0.1, -0.05) is 25.4 Å². The summed E-state index contributed by atoms with van der Waals surface area (Å²) in [5.74, 6) is 0.527. The standard InChI is InChI=1S/C15H23ClN2O/c1-10-14(16)12(18(4)17-10)9-13(19)11-5-7-15(2,3)8-6-11/h11H,5-9H2,1-4H3. The number of halogens is 1. The van der Waals surface area contributed by atoms with Gasteiger partial charge in [0.05, 0.1) is 22.8 Å². The fourth-order valence-electron chi connectivity index (χ4n) is 2.90. The second-order valence-electron chi connectivity index (χ2n) is 6.55. The second-order valence-corrected chi connectivity index (χ2v) is 6.93. The highest BCUT2D eigenvalue weighted by Crippen LogP contribution is 2.38. The largest absolute Gasteiger partial charge is 0.299 e. The van der Waals surface area contributed by atoms with E-state index in [0.717, 1.165) is 37.1 Å². The smallest absolute Gasteiger partial charge is 0.141 e. The Balaban J connectivity index is 2.02. The molecule has 4 heteroatoms. The van der Waals surface area contributed by atoms with Gasteiger partial charge >= 0.3 is 0 Å². The van der Waals surface area contributed by atoms with Gasteiger partial charge in [-0.3, -0.25) is 9.48 Å². The van der Waals surface area contributed by atoms with Crippen molar-refractivity contribution in [2.75, 3.05) is 0 Å². The monoisotopic (exact) mass is 282 g/mol. The van der Waals surface area contributed by atoms with Gasteiger partial charge in [-0.15, -0.1) is 0 Å². The number of ketones is 1. The molecule has 2 rings (SSSR count). The molecule has 0 N–H and O–H groups in total. The van der Waals surface area contributed by atoms with Crippen LogP contribution in [0.3, 0.4) is 0 Å². The van der Waals surface area contributed by atoms with Crippen LogP contribution < -0.4 is 0 Å². The van der Waals surface area contributed by atoms with Gasteiger partial charge in [0.15, 0.2) is 0 Å².